The van der Waals surface area contributed by atoms with E-state index < -0.39 is 29.0 Å². The second kappa shape index (κ2) is 12.9. The summed E-state index contributed by atoms with van der Waals surface area (Å²) in [6.45, 7) is 7.15. The van der Waals surface area contributed by atoms with Crippen molar-refractivity contribution in [3.63, 3.8) is 0 Å². The number of halogens is 2. The van der Waals surface area contributed by atoms with Crippen LogP contribution >= 0.6 is 0 Å². The van der Waals surface area contributed by atoms with E-state index in [0.717, 1.165) is 121 Å². The van der Waals surface area contributed by atoms with Gasteiger partial charge in [0.15, 0.2) is 0 Å². The van der Waals surface area contributed by atoms with Crippen molar-refractivity contribution < 1.29 is 37.7 Å². The molecule has 5 heterocycles. The fraction of sp³-hybridized carbons (Fsp3) is 0.692. The van der Waals surface area contributed by atoms with Crippen molar-refractivity contribution in [3.05, 3.63) is 41.2 Å². The molecule has 8 aliphatic rings. The number of carbonyl (C=O) groups excluding carboxylic acids is 1. The number of carboxylic acids is 1. The minimum absolute atomic E-state index is 0.0816. The number of benzene rings is 1. The minimum Gasteiger partial charge on any atom is -0.490 e. The Hall–Kier alpha value is -3.42. The first-order chi connectivity index (χ1) is 25.0. The maximum atomic E-state index is 15.4. The van der Waals surface area contributed by atoms with Crippen LogP contribution in [0.25, 0.3) is 0 Å². The monoisotopic (exact) mass is 721 g/mol. The number of alkyl halides is 2. The molecule has 0 unspecified atom stereocenters. The van der Waals surface area contributed by atoms with Crippen LogP contribution in [0, 0.1) is 29.6 Å². The summed E-state index contributed by atoms with van der Waals surface area (Å²) in [5.74, 6) is -3.42. The molecule has 3 saturated heterocycles. The summed E-state index contributed by atoms with van der Waals surface area (Å²) in [5, 5.41) is 13.4. The van der Waals surface area contributed by atoms with Gasteiger partial charge in [-0.15, -0.1) is 0 Å². The number of likely N-dealkylation sites (tertiary alicyclic amines) is 1. The molecule has 4 bridgehead atoms. The summed E-state index contributed by atoms with van der Waals surface area (Å²) in [7, 11) is 0. The molecule has 4 aliphatic carbocycles. The molecule has 0 radical (unpaired) electrons. The molecule has 4 aliphatic heterocycles. The van der Waals surface area contributed by atoms with Gasteiger partial charge in [0.1, 0.15) is 23.1 Å². The predicted molar refractivity (Wildman–Crippen MR) is 186 cm³/mol. The normalized spacial score (nSPS) is 31.4. The summed E-state index contributed by atoms with van der Waals surface area (Å²) < 4.78 is 48.6. The highest BCUT2D eigenvalue weighted by Crippen LogP contribution is 2.58. The number of anilines is 2. The lowest BCUT2D eigenvalue weighted by atomic mass is 9.48. The van der Waals surface area contributed by atoms with Crippen molar-refractivity contribution in [3.8, 4) is 5.75 Å². The summed E-state index contributed by atoms with van der Waals surface area (Å²) in [4.78, 5) is 40.2. The van der Waals surface area contributed by atoms with E-state index in [9.17, 15) is 14.7 Å². The van der Waals surface area contributed by atoms with E-state index in [2.05, 4.69) is 26.3 Å². The first kappa shape index (κ1) is 34.4. The molecule has 280 valence electrons. The molecule has 1 amide bonds. The number of ether oxygens (including phenoxy) is 3. The Kier molecular flexibility index (Phi) is 8.50. The number of rotatable bonds is 9. The lowest BCUT2D eigenvalue weighted by molar-refractivity contribution is -0.163. The highest BCUT2D eigenvalue weighted by atomic mass is 19.3. The third-order valence-electron chi connectivity index (χ3n) is 13.6. The average Bonchev–Trinajstić information content (AvgIpc) is 3.40. The first-order valence-corrected chi connectivity index (χ1v) is 19.3. The van der Waals surface area contributed by atoms with Gasteiger partial charge in [-0.25, -0.2) is 14.8 Å². The van der Waals surface area contributed by atoms with E-state index in [1.54, 1.807) is 0 Å². The van der Waals surface area contributed by atoms with Crippen molar-refractivity contribution in [2.45, 2.75) is 87.7 Å². The number of hydrogen-bond donors (Lipinski definition) is 2. The Balaban J connectivity index is 0.981. The van der Waals surface area contributed by atoms with Gasteiger partial charge in [-0.1, -0.05) is 0 Å². The second-order valence-corrected chi connectivity index (χ2v) is 16.9. The van der Waals surface area contributed by atoms with E-state index in [-0.39, 0.29) is 34.9 Å². The fourth-order valence-corrected chi connectivity index (χ4v) is 11.0. The molecule has 10 rings (SSSR count). The summed E-state index contributed by atoms with van der Waals surface area (Å²) in [6, 6.07) is 6.01. The molecule has 2 aromatic rings. The molecular weight excluding hydrogens is 672 g/mol. The van der Waals surface area contributed by atoms with Crippen molar-refractivity contribution in [2.24, 2.45) is 29.6 Å². The molecule has 2 N–H and O–H groups in total. The third kappa shape index (κ3) is 5.85. The second-order valence-electron chi connectivity index (χ2n) is 16.9. The van der Waals surface area contributed by atoms with Crippen LogP contribution in [0.15, 0.2) is 24.4 Å². The zero-order chi connectivity index (χ0) is 35.8. The Labute approximate surface area is 302 Å². The van der Waals surface area contributed by atoms with Gasteiger partial charge in [0.05, 0.1) is 18.8 Å². The highest BCUT2D eigenvalue weighted by Gasteiger charge is 2.62. The van der Waals surface area contributed by atoms with E-state index in [1.165, 1.54) is 0 Å². The first-order valence-electron chi connectivity index (χ1n) is 19.3. The zero-order valence-corrected chi connectivity index (χ0v) is 29.8. The Morgan fingerprint density at radius 2 is 1.73 bits per heavy atom. The van der Waals surface area contributed by atoms with Crippen LogP contribution in [-0.4, -0.2) is 96.1 Å². The summed E-state index contributed by atoms with van der Waals surface area (Å²) in [6.07, 6.45) is 8.72. The van der Waals surface area contributed by atoms with Crippen LogP contribution in [0.4, 0.5) is 20.4 Å². The zero-order valence-electron chi connectivity index (χ0n) is 29.8. The number of nitrogens with one attached hydrogen (secondary N) is 1. The Bertz CT molecular complexity index is 1690. The number of amides is 1. The maximum Gasteiger partial charge on any atom is 0.330 e. The minimum atomic E-state index is -3.48. The smallest absolute Gasteiger partial charge is 0.330 e. The van der Waals surface area contributed by atoms with Gasteiger partial charge in [-0.3, -0.25) is 4.79 Å². The molecule has 11 nitrogen and oxygen atoms in total. The van der Waals surface area contributed by atoms with E-state index >= 15 is 8.78 Å². The lowest BCUT2D eigenvalue weighted by Gasteiger charge is -2.59. The van der Waals surface area contributed by atoms with Crippen molar-refractivity contribution >= 4 is 23.5 Å². The van der Waals surface area contributed by atoms with Crippen LogP contribution in [0.2, 0.25) is 0 Å². The van der Waals surface area contributed by atoms with Crippen LogP contribution in [0.1, 0.15) is 86.3 Å². The van der Waals surface area contributed by atoms with Crippen LogP contribution < -0.4 is 15.0 Å². The van der Waals surface area contributed by atoms with Gasteiger partial charge in [0, 0.05) is 69.5 Å². The SMILES string of the molecule is CC(F)(F)c1nc(N2CC3(CCOCC3)c3cc(OC4CCN(CC5COC5)CC4)ccc32)ncc1C(=O)NC1(C(=O)O)C2CC3CC(C2)CC1C3. The molecule has 7 fully saturated rings. The van der Waals surface area contributed by atoms with E-state index in [4.69, 9.17) is 14.2 Å². The number of nitrogens with zero attached hydrogens (tertiary/aromatic N) is 4. The number of hydrogen-bond acceptors (Lipinski definition) is 9. The number of carboxylic acid groups (broad SMARTS) is 1. The number of piperidine rings is 1. The largest absolute Gasteiger partial charge is 0.490 e. The molecule has 1 aromatic carbocycles. The van der Waals surface area contributed by atoms with E-state index in [0.29, 0.717) is 37.5 Å². The van der Waals surface area contributed by atoms with E-state index in [1.807, 2.05) is 17.0 Å². The van der Waals surface area contributed by atoms with Crippen LogP contribution in [0.5, 0.6) is 5.75 Å². The topological polar surface area (TPSA) is 126 Å². The molecule has 0 atom stereocenters. The predicted octanol–water partition coefficient (Wildman–Crippen LogP) is 5.29. The molecule has 13 heteroatoms. The molecule has 4 saturated carbocycles. The van der Waals surface area contributed by atoms with Gasteiger partial charge in [-0.2, -0.15) is 8.78 Å². The van der Waals surface area contributed by atoms with Crippen molar-refractivity contribution in [1.82, 2.24) is 20.2 Å². The summed E-state index contributed by atoms with van der Waals surface area (Å²) >= 11 is 0. The van der Waals surface area contributed by atoms with Gasteiger partial charge in [-0.05, 0) is 105 Å². The van der Waals surface area contributed by atoms with Gasteiger partial charge in [0.2, 0.25) is 5.95 Å². The fourth-order valence-electron chi connectivity index (χ4n) is 11.0. The molecular formula is C39H49F2N5O6. The standard InChI is InChI=1S/C39H49F2N5O6/c1-37(40,41)33-30(34(47)44-39(35(48)49)26-13-23-12-24(15-26)16-27(39)14-23)18-42-36(43-33)46-22-38(6-10-50-11-7-38)31-17-29(2-3-32(31)46)52-28-4-8-45(9-5-28)19-25-20-51-21-25/h2-3,17-18,23-28H,4-16,19-22H2,1H3,(H,44,47)(H,48,49). The number of carbonyl (C=O) groups is 2. The lowest BCUT2D eigenvalue weighted by Crippen LogP contribution is -2.70. The Morgan fingerprint density at radius 3 is 2.35 bits per heavy atom. The third-order valence-corrected chi connectivity index (χ3v) is 13.6. The quantitative estimate of drug-likeness (QED) is 0.353. The van der Waals surface area contributed by atoms with Crippen molar-refractivity contribution in [1.29, 1.82) is 0 Å². The van der Waals surface area contributed by atoms with Crippen molar-refractivity contribution in [2.75, 3.05) is 57.5 Å². The van der Waals surface area contributed by atoms with Crippen LogP contribution in [-0.2, 0) is 25.6 Å². The highest BCUT2D eigenvalue weighted by molar-refractivity contribution is 5.99. The maximum absolute atomic E-state index is 15.4. The summed E-state index contributed by atoms with van der Waals surface area (Å²) in [5.41, 5.74) is -0.978. The Morgan fingerprint density at radius 1 is 1.04 bits per heavy atom. The van der Waals surface area contributed by atoms with Crippen LogP contribution in [0.3, 0.4) is 0 Å². The number of aliphatic carboxylic acids is 1. The number of fused-ring (bicyclic) bond motifs is 2. The molecule has 1 aromatic heterocycles. The average molecular weight is 722 g/mol. The number of aromatic nitrogens is 2. The van der Waals surface area contributed by atoms with Gasteiger partial charge >= 0.3 is 5.97 Å². The van der Waals surface area contributed by atoms with Gasteiger partial charge < -0.3 is 34.4 Å². The molecule has 1 spiro atoms. The van der Waals surface area contributed by atoms with Gasteiger partial charge in [0.25, 0.3) is 11.8 Å². The molecule has 52 heavy (non-hydrogen) atoms.